The summed E-state index contributed by atoms with van der Waals surface area (Å²) in [5.74, 6) is 0.322. The molecule has 1 aromatic carbocycles. The third kappa shape index (κ3) is 1.97. The number of oxazole rings is 1. The van der Waals surface area contributed by atoms with E-state index in [1.165, 1.54) is 0 Å². The second-order valence-corrected chi connectivity index (χ2v) is 3.87. The monoisotopic (exact) mass is 226 g/mol. The molecule has 80 valence electrons. The average molecular weight is 227 g/mol. The Bertz CT molecular complexity index is 481. The Kier molecular flexibility index (Phi) is 2.65. The highest BCUT2D eigenvalue weighted by Gasteiger charge is 2.18. The SMILES string of the molecule is CC(O)C(N)c1nc2cc(Cl)ccc2o1. The van der Waals surface area contributed by atoms with E-state index in [0.29, 0.717) is 22.0 Å². The lowest BCUT2D eigenvalue weighted by molar-refractivity contribution is 0.152. The van der Waals surface area contributed by atoms with E-state index in [4.69, 9.17) is 21.8 Å². The lowest BCUT2D eigenvalue weighted by atomic mass is 10.2. The number of hydrogen-bond acceptors (Lipinski definition) is 4. The van der Waals surface area contributed by atoms with Crippen molar-refractivity contribution in [2.24, 2.45) is 5.73 Å². The van der Waals surface area contributed by atoms with E-state index in [9.17, 15) is 5.11 Å². The van der Waals surface area contributed by atoms with Crippen molar-refractivity contribution in [3.8, 4) is 0 Å². The van der Waals surface area contributed by atoms with Crippen molar-refractivity contribution in [1.82, 2.24) is 4.98 Å². The van der Waals surface area contributed by atoms with Gasteiger partial charge < -0.3 is 15.3 Å². The first-order valence-corrected chi connectivity index (χ1v) is 4.95. The second-order valence-electron chi connectivity index (χ2n) is 3.43. The van der Waals surface area contributed by atoms with E-state index in [1.54, 1.807) is 25.1 Å². The summed E-state index contributed by atoms with van der Waals surface area (Å²) in [7, 11) is 0. The van der Waals surface area contributed by atoms with E-state index in [-0.39, 0.29) is 0 Å². The Morgan fingerprint density at radius 1 is 1.53 bits per heavy atom. The number of nitrogens with zero attached hydrogens (tertiary/aromatic N) is 1. The van der Waals surface area contributed by atoms with E-state index in [0.717, 1.165) is 0 Å². The molecular weight excluding hydrogens is 216 g/mol. The summed E-state index contributed by atoms with van der Waals surface area (Å²) in [4.78, 5) is 4.16. The first kappa shape index (κ1) is 10.4. The molecule has 0 bridgehead atoms. The number of nitrogens with two attached hydrogens (primary N) is 1. The standard InChI is InChI=1S/C10H11ClN2O2/c1-5(14)9(12)10-13-7-4-6(11)2-3-8(7)15-10/h2-5,9,14H,12H2,1H3. The zero-order valence-corrected chi connectivity index (χ0v) is 8.90. The molecule has 15 heavy (non-hydrogen) atoms. The molecule has 2 unspecified atom stereocenters. The van der Waals surface area contributed by atoms with Gasteiger partial charge in [0.05, 0.1) is 6.10 Å². The summed E-state index contributed by atoms with van der Waals surface area (Å²) in [5, 5.41) is 9.89. The smallest absolute Gasteiger partial charge is 0.215 e. The molecule has 1 aromatic heterocycles. The Morgan fingerprint density at radius 2 is 2.27 bits per heavy atom. The predicted octanol–water partition coefficient (Wildman–Crippen LogP) is 1.86. The Morgan fingerprint density at radius 3 is 2.93 bits per heavy atom. The van der Waals surface area contributed by atoms with Gasteiger partial charge in [-0.1, -0.05) is 11.6 Å². The summed E-state index contributed by atoms with van der Waals surface area (Å²) in [6.45, 7) is 1.59. The molecule has 5 heteroatoms. The van der Waals surface area contributed by atoms with Crippen molar-refractivity contribution in [3.05, 3.63) is 29.1 Å². The third-order valence-electron chi connectivity index (χ3n) is 2.17. The first-order chi connectivity index (χ1) is 7.08. The summed E-state index contributed by atoms with van der Waals surface area (Å²) in [6, 6.07) is 4.52. The molecule has 1 heterocycles. The average Bonchev–Trinajstić information content (AvgIpc) is 2.58. The molecule has 0 amide bonds. The Balaban J connectivity index is 2.47. The molecule has 0 radical (unpaired) electrons. The molecule has 0 saturated heterocycles. The van der Waals surface area contributed by atoms with Crippen LogP contribution >= 0.6 is 11.6 Å². The molecular formula is C10H11ClN2O2. The van der Waals surface area contributed by atoms with Crippen LogP contribution in [-0.4, -0.2) is 16.2 Å². The molecule has 2 rings (SSSR count). The number of rotatable bonds is 2. The largest absolute Gasteiger partial charge is 0.439 e. The highest BCUT2D eigenvalue weighted by molar-refractivity contribution is 6.31. The van der Waals surface area contributed by atoms with E-state index < -0.39 is 12.1 Å². The van der Waals surface area contributed by atoms with Gasteiger partial charge in [0.15, 0.2) is 5.58 Å². The van der Waals surface area contributed by atoms with Crippen LogP contribution in [0, 0.1) is 0 Å². The van der Waals surface area contributed by atoms with E-state index >= 15 is 0 Å². The van der Waals surface area contributed by atoms with Crippen molar-refractivity contribution in [3.63, 3.8) is 0 Å². The highest BCUT2D eigenvalue weighted by atomic mass is 35.5. The minimum Gasteiger partial charge on any atom is -0.439 e. The van der Waals surface area contributed by atoms with Gasteiger partial charge in [-0.05, 0) is 25.1 Å². The maximum atomic E-state index is 9.30. The van der Waals surface area contributed by atoms with Gasteiger partial charge in [-0.15, -0.1) is 0 Å². The Labute approximate surface area is 91.7 Å². The highest BCUT2D eigenvalue weighted by Crippen LogP contribution is 2.23. The summed E-state index contributed by atoms with van der Waals surface area (Å²) >= 11 is 5.81. The second kappa shape index (κ2) is 3.81. The van der Waals surface area contributed by atoms with Crippen molar-refractivity contribution in [2.75, 3.05) is 0 Å². The van der Waals surface area contributed by atoms with Gasteiger partial charge in [0.25, 0.3) is 0 Å². The van der Waals surface area contributed by atoms with Crippen molar-refractivity contribution >= 4 is 22.7 Å². The molecule has 0 aliphatic rings. The molecule has 0 spiro atoms. The van der Waals surface area contributed by atoms with E-state index in [2.05, 4.69) is 4.98 Å². The molecule has 0 fully saturated rings. The van der Waals surface area contributed by atoms with Gasteiger partial charge in [0.2, 0.25) is 5.89 Å². The number of hydrogen-bond donors (Lipinski definition) is 2. The number of aliphatic hydroxyl groups is 1. The van der Waals surface area contributed by atoms with Gasteiger partial charge >= 0.3 is 0 Å². The van der Waals surface area contributed by atoms with Crippen LogP contribution in [0.2, 0.25) is 5.02 Å². The fourth-order valence-corrected chi connectivity index (χ4v) is 1.43. The zero-order chi connectivity index (χ0) is 11.0. The van der Waals surface area contributed by atoms with Crippen LogP contribution in [0.25, 0.3) is 11.1 Å². The predicted molar refractivity (Wildman–Crippen MR) is 57.6 cm³/mol. The molecule has 0 aliphatic heterocycles. The topological polar surface area (TPSA) is 72.3 Å². The lowest BCUT2D eigenvalue weighted by Gasteiger charge is -2.09. The number of aromatic nitrogens is 1. The molecule has 2 atom stereocenters. The van der Waals surface area contributed by atoms with Crippen LogP contribution in [0.4, 0.5) is 0 Å². The van der Waals surface area contributed by atoms with Gasteiger partial charge in [-0.25, -0.2) is 4.98 Å². The summed E-state index contributed by atoms with van der Waals surface area (Å²) < 4.78 is 5.39. The molecule has 2 aromatic rings. The fraction of sp³-hybridized carbons (Fsp3) is 0.300. The molecule has 4 nitrogen and oxygen atoms in total. The normalized spacial score (nSPS) is 15.5. The maximum absolute atomic E-state index is 9.30. The molecule has 0 saturated carbocycles. The quantitative estimate of drug-likeness (QED) is 0.820. The van der Waals surface area contributed by atoms with Crippen molar-refractivity contribution in [2.45, 2.75) is 19.1 Å². The number of aliphatic hydroxyl groups excluding tert-OH is 1. The minimum atomic E-state index is -0.700. The first-order valence-electron chi connectivity index (χ1n) is 4.57. The van der Waals surface area contributed by atoms with Crippen LogP contribution < -0.4 is 5.73 Å². The number of benzene rings is 1. The van der Waals surface area contributed by atoms with E-state index in [1.807, 2.05) is 0 Å². The third-order valence-corrected chi connectivity index (χ3v) is 2.41. The molecule has 3 N–H and O–H groups in total. The van der Waals surface area contributed by atoms with Crippen molar-refractivity contribution in [1.29, 1.82) is 0 Å². The molecule has 0 aliphatic carbocycles. The van der Waals surface area contributed by atoms with Crippen LogP contribution in [0.3, 0.4) is 0 Å². The van der Waals surface area contributed by atoms with Crippen molar-refractivity contribution < 1.29 is 9.52 Å². The van der Waals surface area contributed by atoms with Gasteiger partial charge in [-0.2, -0.15) is 0 Å². The number of fused-ring (bicyclic) bond motifs is 1. The minimum absolute atomic E-state index is 0.322. The van der Waals surface area contributed by atoms with Crippen LogP contribution in [-0.2, 0) is 0 Å². The van der Waals surface area contributed by atoms with Gasteiger partial charge in [0.1, 0.15) is 11.6 Å². The lowest BCUT2D eigenvalue weighted by Crippen LogP contribution is -2.23. The fourth-order valence-electron chi connectivity index (χ4n) is 1.27. The van der Waals surface area contributed by atoms with Crippen LogP contribution in [0.1, 0.15) is 18.9 Å². The van der Waals surface area contributed by atoms with Crippen LogP contribution in [0.5, 0.6) is 0 Å². The van der Waals surface area contributed by atoms with Gasteiger partial charge in [-0.3, -0.25) is 0 Å². The van der Waals surface area contributed by atoms with Crippen LogP contribution in [0.15, 0.2) is 22.6 Å². The summed E-state index contributed by atoms with van der Waals surface area (Å²) in [6.07, 6.45) is -0.700. The summed E-state index contributed by atoms with van der Waals surface area (Å²) in [5.41, 5.74) is 6.96. The maximum Gasteiger partial charge on any atom is 0.215 e. The zero-order valence-electron chi connectivity index (χ0n) is 8.14. The Hall–Kier alpha value is -1.10. The number of halogens is 1. The van der Waals surface area contributed by atoms with Gasteiger partial charge in [0, 0.05) is 5.02 Å².